The molecule has 0 amide bonds. The zero-order valence-corrected chi connectivity index (χ0v) is 6.65. The number of hydrogen-bond acceptors (Lipinski definition) is 1. The maximum Gasteiger partial charge on any atom is 0.416 e. The van der Waals surface area contributed by atoms with Crippen LogP contribution in [0.4, 0.5) is 13.2 Å². The van der Waals surface area contributed by atoms with Crippen molar-refractivity contribution in [2.75, 3.05) is 0 Å². The smallest absolute Gasteiger partial charge is 0.405 e. The first kappa shape index (κ1) is 10.8. The highest BCUT2D eigenvalue weighted by Gasteiger charge is 2.32. The van der Waals surface area contributed by atoms with Crippen LogP contribution >= 0.6 is 0 Å². The second-order valence-corrected chi connectivity index (χ2v) is 2.08. The normalized spacial score (nSPS) is 13.8. The van der Waals surface area contributed by atoms with Crippen molar-refractivity contribution < 1.29 is 13.2 Å². The Morgan fingerprint density at radius 1 is 1.42 bits per heavy atom. The van der Waals surface area contributed by atoms with Gasteiger partial charge < -0.3 is 5.73 Å². The molecule has 12 heavy (non-hydrogen) atoms. The highest BCUT2D eigenvalue weighted by molar-refractivity contribution is 5.39. The highest BCUT2D eigenvalue weighted by atomic mass is 19.4. The number of nitrogens with two attached hydrogens (primary N) is 1. The summed E-state index contributed by atoms with van der Waals surface area (Å²) in [6.07, 6.45) is -0.872. The third-order valence-electron chi connectivity index (χ3n) is 1.28. The average molecular weight is 177 g/mol. The van der Waals surface area contributed by atoms with E-state index >= 15 is 0 Å². The highest BCUT2D eigenvalue weighted by Crippen LogP contribution is 2.29. The Kier molecular flexibility index (Phi) is 3.60. The third kappa shape index (κ3) is 2.82. The van der Waals surface area contributed by atoms with Crippen LogP contribution in [0.15, 0.2) is 36.1 Å². The molecule has 0 aromatic rings. The average Bonchev–Trinajstić information content (AvgIpc) is 1.97. The minimum Gasteiger partial charge on any atom is -0.405 e. The first-order chi connectivity index (χ1) is 5.43. The summed E-state index contributed by atoms with van der Waals surface area (Å²) in [5.41, 5.74) is 4.06. The molecule has 0 rings (SSSR count). The molecule has 0 unspecified atom stereocenters. The molecule has 1 nitrogen and oxygen atoms in total. The van der Waals surface area contributed by atoms with E-state index in [9.17, 15) is 13.2 Å². The Morgan fingerprint density at radius 3 is 2.17 bits per heavy atom. The van der Waals surface area contributed by atoms with Crippen molar-refractivity contribution >= 4 is 0 Å². The Morgan fingerprint density at radius 2 is 1.92 bits per heavy atom. The molecule has 68 valence electrons. The van der Waals surface area contributed by atoms with Crippen LogP contribution in [0.1, 0.15) is 6.92 Å². The van der Waals surface area contributed by atoms with E-state index in [1.165, 1.54) is 13.0 Å². The van der Waals surface area contributed by atoms with Gasteiger partial charge in [-0.1, -0.05) is 12.7 Å². The van der Waals surface area contributed by atoms with E-state index in [1.54, 1.807) is 0 Å². The molecule has 0 saturated carbocycles. The van der Waals surface area contributed by atoms with Crippen molar-refractivity contribution in [3.05, 3.63) is 36.1 Å². The lowest BCUT2D eigenvalue weighted by Crippen LogP contribution is -2.12. The lowest BCUT2D eigenvalue weighted by molar-refractivity contribution is -0.0886. The molecule has 0 aromatic heterocycles. The van der Waals surface area contributed by atoms with Crippen molar-refractivity contribution in [2.24, 2.45) is 5.73 Å². The fraction of sp³-hybridized carbons (Fsp3) is 0.250. The molecular weight excluding hydrogens is 167 g/mol. The zero-order valence-electron chi connectivity index (χ0n) is 6.65. The molecule has 0 saturated heterocycles. The number of halogens is 3. The van der Waals surface area contributed by atoms with Gasteiger partial charge in [0, 0.05) is 0 Å². The van der Waals surface area contributed by atoms with Gasteiger partial charge in [-0.3, -0.25) is 0 Å². The summed E-state index contributed by atoms with van der Waals surface area (Å²) < 4.78 is 36.0. The van der Waals surface area contributed by atoms with Crippen molar-refractivity contribution in [3.8, 4) is 0 Å². The zero-order chi connectivity index (χ0) is 9.78. The first-order valence-corrected chi connectivity index (χ1v) is 3.24. The number of rotatable bonds is 2. The molecule has 0 aromatic carbocycles. The molecular formula is C8H10F3N. The van der Waals surface area contributed by atoms with Gasteiger partial charge in [0.1, 0.15) is 0 Å². The summed E-state index contributed by atoms with van der Waals surface area (Å²) in [7, 11) is 0. The fourth-order valence-corrected chi connectivity index (χ4v) is 0.638. The van der Waals surface area contributed by atoms with Crippen molar-refractivity contribution in [3.63, 3.8) is 0 Å². The van der Waals surface area contributed by atoms with E-state index in [2.05, 4.69) is 6.58 Å². The van der Waals surface area contributed by atoms with Gasteiger partial charge in [-0.15, -0.1) is 0 Å². The number of alkyl halides is 3. The Hall–Kier alpha value is -1.19. The fourth-order valence-electron chi connectivity index (χ4n) is 0.638. The lowest BCUT2D eigenvalue weighted by atomic mass is 10.1. The van der Waals surface area contributed by atoms with Crippen LogP contribution in [0, 0.1) is 0 Å². The molecule has 0 radical (unpaired) electrons. The van der Waals surface area contributed by atoms with Gasteiger partial charge in [0.2, 0.25) is 0 Å². The summed E-state index contributed by atoms with van der Waals surface area (Å²) in [5.74, 6) is 0. The van der Waals surface area contributed by atoms with Gasteiger partial charge in [-0.2, -0.15) is 13.2 Å². The predicted octanol–water partition coefficient (Wildman–Crippen LogP) is 2.52. The summed E-state index contributed by atoms with van der Waals surface area (Å²) in [6.45, 7) is 4.41. The molecule has 0 heterocycles. The second-order valence-electron chi connectivity index (χ2n) is 2.08. The van der Waals surface area contributed by atoms with E-state index in [0.29, 0.717) is 0 Å². The van der Waals surface area contributed by atoms with E-state index in [4.69, 9.17) is 5.73 Å². The molecule has 0 aliphatic heterocycles. The van der Waals surface area contributed by atoms with E-state index < -0.39 is 11.7 Å². The van der Waals surface area contributed by atoms with Gasteiger partial charge in [-0.05, 0) is 24.8 Å². The van der Waals surface area contributed by atoms with Crippen LogP contribution in [0.5, 0.6) is 0 Å². The lowest BCUT2D eigenvalue weighted by Gasteiger charge is -2.09. The van der Waals surface area contributed by atoms with E-state index in [1.807, 2.05) is 0 Å². The quantitative estimate of drug-likeness (QED) is 0.644. The summed E-state index contributed by atoms with van der Waals surface area (Å²) >= 11 is 0. The molecule has 0 bridgehead atoms. The summed E-state index contributed by atoms with van der Waals surface area (Å²) in [5, 5.41) is 0. The minimum absolute atomic E-state index is 0.00926. The molecule has 4 heteroatoms. The van der Waals surface area contributed by atoms with Crippen molar-refractivity contribution in [2.45, 2.75) is 13.1 Å². The Balaban J connectivity index is 4.68. The molecule has 0 fully saturated rings. The third-order valence-corrected chi connectivity index (χ3v) is 1.28. The van der Waals surface area contributed by atoms with Gasteiger partial charge in [-0.25, -0.2) is 0 Å². The van der Waals surface area contributed by atoms with Crippen molar-refractivity contribution in [1.82, 2.24) is 0 Å². The van der Waals surface area contributed by atoms with Gasteiger partial charge in [0.25, 0.3) is 0 Å². The monoisotopic (exact) mass is 177 g/mol. The SMILES string of the molecule is C=C(C(/C=C\N)=C/C)C(F)(F)F. The van der Waals surface area contributed by atoms with Crippen LogP contribution in [-0.4, -0.2) is 6.18 Å². The van der Waals surface area contributed by atoms with Crippen LogP contribution in [0.2, 0.25) is 0 Å². The maximum absolute atomic E-state index is 12.0. The van der Waals surface area contributed by atoms with Gasteiger partial charge in [0.05, 0.1) is 5.57 Å². The number of allylic oxidation sites excluding steroid dienone is 4. The molecule has 2 N–H and O–H groups in total. The standard InChI is InChI=1S/C8H10F3N/c1-3-7(4-5-12)6(2)8(9,10)11/h3-5H,2,12H2,1H3/b5-4-,7-3+. The second kappa shape index (κ2) is 3.99. The number of hydrogen-bond donors (Lipinski definition) is 1. The summed E-state index contributed by atoms with van der Waals surface area (Å²) in [4.78, 5) is 0. The van der Waals surface area contributed by atoms with E-state index in [0.717, 1.165) is 12.3 Å². The molecule has 0 aliphatic rings. The Labute approximate surface area is 69.1 Å². The van der Waals surface area contributed by atoms with Crippen LogP contribution in [0.25, 0.3) is 0 Å². The minimum atomic E-state index is -4.39. The maximum atomic E-state index is 12.0. The van der Waals surface area contributed by atoms with Gasteiger partial charge in [0.15, 0.2) is 0 Å². The topological polar surface area (TPSA) is 26.0 Å². The van der Waals surface area contributed by atoms with Crippen LogP contribution in [0.3, 0.4) is 0 Å². The molecule has 0 aliphatic carbocycles. The van der Waals surface area contributed by atoms with Crippen LogP contribution in [-0.2, 0) is 0 Å². The summed E-state index contributed by atoms with van der Waals surface area (Å²) in [6, 6.07) is 0. The van der Waals surface area contributed by atoms with Crippen molar-refractivity contribution in [1.29, 1.82) is 0 Å². The first-order valence-electron chi connectivity index (χ1n) is 3.24. The van der Waals surface area contributed by atoms with E-state index in [-0.39, 0.29) is 5.57 Å². The Bertz CT molecular complexity index is 223. The molecule has 0 atom stereocenters. The predicted molar refractivity (Wildman–Crippen MR) is 42.3 cm³/mol. The largest absolute Gasteiger partial charge is 0.416 e. The van der Waals surface area contributed by atoms with Crippen LogP contribution < -0.4 is 5.73 Å². The molecule has 0 spiro atoms. The van der Waals surface area contributed by atoms with Gasteiger partial charge >= 0.3 is 6.18 Å².